The van der Waals surface area contributed by atoms with Crippen LogP contribution in [0.3, 0.4) is 0 Å². The van der Waals surface area contributed by atoms with E-state index in [1.165, 1.54) is 5.56 Å². The summed E-state index contributed by atoms with van der Waals surface area (Å²) in [7, 11) is 1.64. The molecule has 0 radical (unpaired) electrons. The fourth-order valence-electron chi connectivity index (χ4n) is 3.71. The van der Waals surface area contributed by atoms with Gasteiger partial charge in [-0.25, -0.2) is 0 Å². The van der Waals surface area contributed by atoms with Crippen LogP contribution in [-0.4, -0.2) is 12.9 Å². The predicted octanol–water partition coefficient (Wildman–Crippen LogP) is 4.74. The van der Waals surface area contributed by atoms with Crippen molar-refractivity contribution < 1.29 is 9.53 Å². The first kappa shape index (κ1) is 17.1. The van der Waals surface area contributed by atoms with Gasteiger partial charge < -0.3 is 4.74 Å². The standard InChI is InChI=1S/C25H20O2/c1-27-22-14-8-13-21(17-22)25(18-23(25)20-11-6-3-7-12-20)24(26)16-15-19-9-4-2-5-10-19/h2-14,17,23H,18H2,1H3. The Morgan fingerprint density at radius 3 is 2.37 bits per heavy atom. The Kier molecular flexibility index (Phi) is 4.52. The number of ketones is 1. The van der Waals surface area contributed by atoms with Gasteiger partial charge in [-0.05, 0) is 47.7 Å². The molecule has 2 atom stereocenters. The zero-order valence-electron chi connectivity index (χ0n) is 15.2. The summed E-state index contributed by atoms with van der Waals surface area (Å²) >= 11 is 0. The molecule has 0 N–H and O–H groups in total. The van der Waals surface area contributed by atoms with Gasteiger partial charge in [-0.1, -0.05) is 66.6 Å². The van der Waals surface area contributed by atoms with Gasteiger partial charge in [-0.2, -0.15) is 0 Å². The van der Waals surface area contributed by atoms with E-state index in [9.17, 15) is 4.79 Å². The molecule has 1 fully saturated rings. The summed E-state index contributed by atoms with van der Waals surface area (Å²) in [5.74, 6) is 6.80. The monoisotopic (exact) mass is 352 g/mol. The molecule has 3 aromatic rings. The summed E-state index contributed by atoms with van der Waals surface area (Å²) in [4.78, 5) is 13.3. The molecule has 2 unspecified atom stereocenters. The molecule has 0 saturated heterocycles. The lowest BCUT2D eigenvalue weighted by Gasteiger charge is -2.15. The van der Waals surface area contributed by atoms with E-state index in [1.807, 2.05) is 72.8 Å². The summed E-state index contributed by atoms with van der Waals surface area (Å²) in [5, 5.41) is 0. The number of Topliss-reactive ketones (excluding diaryl/α,β-unsaturated/α-hetero) is 1. The summed E-state index contributed by atoms with van der Waals surface area (Å²) in [6.45, 7) is 0. The van der Waals surface area contributed by atoms with Crippen molar-refractivity contribution in [2.45, 2.75) is 17.8 Å². The number of benzene rings is 3. The van der Waals surface area contributed by atoms with E-state index in [0.29, 0.717) is 0 Å². The molecule has 1 saturated carbocycles. The van der Waals surface area contributed by atoms with Crippen LogP contribution in [0.1, 0.15) is 29.0 Å². The van der Waals surface area contributed by atoms with Crippen LogP contribution in [0.5, 0.6) is 5.75 Å². The van der Waals surface area contributed by atoms with Gasteiger partial charge in [-0.15, -0.1) is 0 Å². The van der Waals surface area contributed by atoms with Crippen LogP contribution in [0.15, 0.2) is 84.9 Å². The first-order valence-electron chi connectivity index (χ1n) is 9.05. The number of hydrogen-bond acceptors (Lipinski definition) is 2. The molecule has 0 aromatic heterocycles. The maximum atomic E-state index is 13.3. The van der Waals surface area contributed by atoms with Crippen LogP contribution in [0.25, 0.3) is 0 Å². The van der Waals surface area contributed by atoms with E-state index in [2.05, 4.69) is 24.0 Å². The molecule has 4 rings (SSSR count). The highest BCUT2D eigenvalue weighted by molar-refractivity contribution is 6.07. The second-order valence-electron chi connectivity index (χ2n) is 6.82. The molecular formula is C25H20O2. The third-order valence-electron chi connectivity index (χ3n) is 5.25. The average Bonchev–Trinajstić information content (AvgIpc) is 3.50. The lowest BCUT2D eigenvalue weighted by molar-refractivity contribution is -0.116. The molecule has 2 heteroatoms. The molecule has 0 bridgehead atoms. The third-order valence-corrected chi connectivity index (χ3v) is 5.25. The Morgan fingerprint density at radius 1 is 0.963 bits per heavy atom. The first-order valence-corrected chi connectivity index (χ1v) is 9.05. The molecular weight excluding hydrogens is 332 g/mol. The zero-order valence-corrected chi connectivity index (χ0v) is 15.2. The van der Waals surface area contributed by atoms with Gasteiger partial charge in [0, 0.05) is 11.5 Å². The van der Waals surface area contributed by atoms with Crippen molar-refractivity contribution >= 4 is 5.78 Å². The number of methoxy groups -OCH3 is 1. The molecule has 3 aromatic carbocycles. The molecule has 0 amide bonds. The molecule has 27 heavy (non-hydrogen) atoms. The average molecular weight is 352 g/mol. The molecule has 132 valence electrons. The van der Waals surface area contributed by atoms with Crippen LogP contribution in [0.2, 0.25) is 0 Å². The largest absolute Gasteiger partial charge is 0.497 e. The van der Waals surface area contributed by atoms with Gasteiger partial charge in [0.05, 0.1) is 12.5 Å². The lowest BCUT2D eigenvalue weighted by atomic mass is 9.86. The van der Waals surface area contributed by atoms with Crippen molar-refractivity contribution in [3.05, 3.63) is 102 Å². The number of carbonyl (C=O) groups excluding carboxylic acids is 1. The molecule has 1 aliphatic rings. The maximum absolute atomic E-state index is 13.3. The van der Waals surface area contributed by atoms with Crippen molar-refractivity contribution in [2.24, 2.45) is 0 Å². The molecule has 2 nitrogen and oxygen atoms in total. The van der Waals surface area contributed by atoms with Crippen molar-refractivity contribution in [2.75, 3.05) is 7.11 Å². The minimum atomic E-state index is -0.600. The second kappa shape index (κ2) is 7.13. The van der Waals surface area contributed by atoms with Crippen LogP contribution in [0, 0.1) is 11.8 Å². The highest BCUT2D eigenvalue weighted by Crippen LogP contribution is 2.61. The fraction of sp³-hybridized carbons (Fsp3) is 0.160. The molecule has 0 spiro atoms. The van der Waals surface area contributed by atoms with Gasteiger partial charge in [0.2, 0.25) is 5.78 Å². The van der Waals surface area contributed by atoms with Crippen molar-refractivity contribution in [3.8, 4) is 17.6 Å². The van der Waals surface area contributed by atoms with E-state index in [1.54, 1.807) is 7.11 Å². The Bertz CT molecular complexity index is 1010. The molecule has 1 aliphatic carbocycles. The summed E-state index contributed by atoms with van der Waals surface area (Å²) in [5.41, 5.74) is 2.40. The van der Waals surface area contributed by atoms with E-state index in [0.717, 1.165) is 23.3 Å². The van der Waals surface area contributed by atoms with E-state index >= 15 is 0 Å². The summed E-state index contributed by atoms with van der Waals surface area (Å²) in [6, 6.07) is 27.6. The Morgan fingerprint density at radius 2 is 1.67 bits per heavy atom. The number of ether oxygens (including phenoxy) is 1. The Hall–Kier alpha value is -3.31. The van der Waals surface area contributed by atoms with E-state index in [4.69, 9.17) is 4.74 Å². The number of carbonyl (C=O) groups is 1. The molecule has 0 heterocycles. The topological polar surface area (TPSA) is 26.3 Å². The van der Waals surface area contributed by atoms with Crippen molar-refractivity contribution in [1.29, 1.82) is 0 Å². The van der Waals surface area contributed by atoms with Crippen molar-refractivity contribution in [3.63, 3.8) is 0 Å². The van der Waals surface area contributed by atoms with Crippen LogP contribution >= 0.6 is 0 Å². The lowest BCUT2D eigenvalue weighted by Crippen LogP contribution is -2.21. The number of hydrogen-bond donors (Lipinski definition) is 0. The van der Waals surface area contributed by atoms with E-state index in [-0.39, 0.29) is 11.7 Å². The van der Waals surface area contributed by atoms with E-state index < -0.39 is 5.41 Å². The normalized spacial score (nSPS) is 20.3. The van der Waals surface area contributed by atoms with Gasteiger partial charge >= 0.3 is 0 Å². The van der Waals surface area contributed by atoms with Crippen LogP contribution in [0.4, 0.5) is 0 Å². The van der Waals surface area contributed by atoms with Gasteiger partial charge in [0.25, 0.3) is 0 Å². The highest BCUT2D eigenvalue weighted by Gasteiger charge is 2.61. The minimum Gasteiger partial charge on any atom is -0.497 e. The first-order chi connectivity index (χ1) is 13.2. The third kappa shape index (κ3) is 3.25. The van der Waals surface area contributed by atoms with Gasteiger partial charge in [0.1, 0.15) is 5.75 Å². The SMILES string of the molecule is COc1cccc(C2(C(=O)C#Cc3ccccc3)CC2c2ccccc2)c1. The zero-order chi connectivity index (χ0) is 18.7. The van der Waals surface area contributed by atoms with Crippen molar-refractivity contribution in [1.82, 2.24) is 0 Å². The van der Waals surface area contributed by atoms with Crippen LogP contribution in [-0.2, 0) is 10.2 Å². The Balaban J connectivity index is 1.74. The summed E-state index contributed by atoms with van der Waals surface area (Å²) in [6.07, 6.45) is 0.770. The smallest absolute Gasteiger partial charge is 0.216 e. The molecule has 0 aliphatic heterocycles. The van der Waals surface area contributed by atoms with Gasteiger partial charge in [-0.3, -0.25) is 4.79 Å². The second-order valence-corrected chi connectivity index (χ2v) is 6.82. The highest BCUT2D eigenvalue weighted by atomic mass is 16.5. The number of rotatable bonds is 4. The quantitative estimate of drug-likeness (QED) is 0.634. The fourth-order valence-corrected chi connectivity index (χ4v) is 3.71. The van der Waals surface area contributed by atoms with Crippen LogP contribution < -0.4 is 4.74 Å². The maximum Gasteiger partial charge on any atom is 0.216 e. The minimum absolute atomic E-state index is 0.0338. The summed E-state index contributed by atoms with van der Waals surface area (Å²) < 4.78 is 5.38. The Labute approximate surface area is 159 Å². The van der Waals surface area contributed by atoms with Gasteiger partial charge in [0.15, 0.2) is 0 Å². The predicted molar refractivity (Wildman–Crippen MR) is 107 cm³/mol.